The van der Waals surface area contributed by atoms with Gasteiger partial charge in [-0.25, -0.2) is 4.79 Å². The van der Waals surface area contributed by atoms with E-state index in [0.29, 0.717) is 16.5 Å². The molecule has 2 aliphatic carbocycles. The number of anilines is 1. The lowest BCUT2D eigenvalue weighted by atomic mass is 9.73. The molecule has 176 valence electrons. The lowest BCUT2D eigenvalue weighted by Crippen LogP contribution is -2.33. The zero-order valence-electron chi connectivity index (χ0n) is 18.8. The van der Waals surface area contributed by atoms with Crippen molar-refractivity contribution >= 4 is 40.6 Å². The molecule has 2 bridgehead atoms. The number of Topliss-reactive ketones (excluding diaryl/α,β-unsaturated/α-hetero) is 1. The van der Waals surface area contributed by atoms with Crippen LogP contribution in [0, 0.1) is 23.7 Å². The van der Waals surface area contributed by atoms with Crippen molar-refractivity contribution in [1.29, 1.82) is 0 Å². The Morgan fingerprint density at radius 3 is 2.34 bits per heavy atom. The van der Waals surface area contributed by atoms with Crippen LogP contribution in [-0.2, 0) is 14.3 Å². The molecular weight excluding hydrogens is 462 g/mol. The number of benzene rings is 2. The summed E-state index contributed by atoms with van der Waals surface area (Å²) in [5.74, 6) is -0.945. The number of rotatable bonds is 6. The zero-order chi connectivity index (χ0) is 24.1. The molecule has 5 atom stereocenters. The molecule has 2 amide bonds. The second-order valence-corrected chi connectivity index (χ2v) is 10.4. The minimum absolute atomic E-state index is 0.129. The first-order valence-corrected chi connectivity index (χ1v) is 12.7. The lowest BCUT2D eigenvalue weighted by Gasteiger charge is -2.28. The van der Waals surface area contributed by atoms with E-state index in [1.54, 1.807) is 29.6 Å². The van der Waals surface area contributed by atoms with Crippen molar-refractivity contribution in [3.05, 3.63) is 88.1 Å². The van der Waals surface area contributed by atoms with Crippen LogP contribution in [0.25, 0.3) is 0 Å². The molecule has 2 heterocycles. The Hall–Kier alpha value is -3.58. The second kappa shape index (κ2) is 8.57. The van der Waals surface area contributed by atoms with E-state index in [1.807, 2.05) is 18.2 Å². The summed E-state index contributed by atoms with van der Waals surface area (Å²) in [6.07, 6.45) is 1.87. The summed E-state index contributed by atoms with van der Waals surface area (Å²) in [5, 5.41) is 1.79. The van der Waals surface area contributed by atoms with Gasteiger partial charge in [0.1, 0.15) is 0 Å². The van der Waals surface area contributed by atoms with Crippen LogP contribution < -0.4 is 4.90 Å². The van der Waals surface area contributed by atoms with Crippen LogP contribution in [0.4, 0.5) is 5.69 Å². The Labute approximate surface area is 206 Å². The van der Waals surface area contributed by atoms with Gasteiger partial charge in [0.2, 0.25) is 17.6 Å². The number of amides is 2. The highest BCUT2D eigenvalue weighted by Gasteiger charge is 2.64. The highest BCUT2D eigenvalue weighted by atomic mass is 32.1. The standard InChI is InChI=1S/C28H23NO5S/c30-22(23-7-4-12-35-23)15-34-28(33)17-8-10-19(11-9-17)29-26(31)24-18-13-20(16-5-2-1-3-6-16)21(14-18)25(24)27(29)32/h1-12,18,20-21,24-25H,13-15H2. The molecule has 0 N–H and O–H groups in total. The largest absolute Gasteiger partial charge is 0.454 e. The van der Waals surface area contributed by atoms with Crippen molar-refractivity contribution in [3.63, 3.8) is 0 Å². The van der Waals surface area contributed by atoms with E-state index in [4.69, 9.17) is 4.74 Å². The third kappa shape index (κ3) is 3.62. The third-order valence-electron chi connectivity index (χ3n) is 7.73. The number of carbonyl (C=O) groups is 4. The Balaban J connectivity index is 1.16. The molecule has 3 fully saturated rings. The van der Waals surface area contributed by atoms with Gasteiger partial charge in [-0.05, 0) is 71.9 Å². The lowest BCUT2D eigenvalue weighted by molar-refractivity contribution is -0.123. The number of imide groups is 1. The zero-order valence-corrected chi connectivity index (χ0v) is 19.6. The molecule has 0 radical (unpaired) electrons. The molecule has 5 unspecified atom stereocenters. The third-order valence-corrected chi connectivity index (χ3v) is 8.65. The molecule has 7 heteroatoms. The minimum Gasteiger partial charge on any atom is -0.454 e. The average molecular weight is 486 g/mol. The van der Waals surface area contributed by atoms with E-state index in [9.17, 15) is 19.2 Å². The number of thiophene rings is 1. The predicted octanol–water partition coefficient (Wildman–Crippen LogP) is 4.72. The predicted molar refractivity (Wildman–Crippen MR) is 130 cm³/mol. The fourth-order valence-electron chi connectivity index (χ4n) is 6.27. The molecular formula is C28H23NO5S. The number of ketones is 1. The van der Waals surface area contributed by atoms with Gasteiger partial charge in [-0.2, -0.15) is 0 Å². The van der Waals surface area contributed by atoms with Gasteiger partial charge in [-0.1, -0.05) is 36.4 Å². The summed E-state index contributed by atoms with van der Waals surface area (Å²) < 4.78 is 5.14. The number of esters is 1. The van der Waals surface area contributed by atoms with E-state index in [0.717, 1.165) is 12.8 Å². The fourth-order valence-corrected chi connectivity index (χ4v) is 6.92. The first kappa shape index (κ1) is 21.9. The van der Waals surface area contributed by atoms with Crippen LogP contribution in [0.2, 0.25) is 0 Å². The Bertz CT molecular complexity index is 1300. The van der Waals surface area contributed by atoms with E-state index in [-0.39, 0.29) is 53.4 Å². The molecule has 2 saturated carbocycles. The maximum absolute atomic E-state index is 13.5. The van der Waals surface area contributed by atoms with Crippen LogP contribution >= 0.6 is 11.3 Å². The SMILES string of the molecule is O=C(OCC(=O)c1cccs1)c1ccc(N2C(=O)C3C4CC(c5ccccc5)C(C4)C3C2=O)cc1. The van der Waals surface area contributed by atoms with Crippen molar-refractivity contribution in [2.45, 2.75) is 18.8 Å². The van der Waals surface area contributed by atoms with Gasteiger partial charge in [-0.15, -0.1) is 11.3 Å². The fraction of sp³-hybridized carbons (Fsp3) is 0.286. The monoisotopic (exact) mass is 485 g/mol. The first-order valence-electron chi connectivity index (χ1n) is 11.8. The molecule has 35 heavy (non-hydrogen) atoms. The van der Waals surface area contributed by atoms with E-state index in [2.05, 4.69) is 12.1 Å². The molecule has 0 spiro atoms. The van der Waals surface area contributed by atoms with Gasteiger partial charge in [-0.3, -0.25) is 19.3 Å². The van der Waals surface area contributed by atoms with Crippen LogP contribution in [0.15, 0.2) is 72.1 Å². The first-order chi connectivity index (χ1) is 17.0. The molecule has 1 saturated heterocycles. The maximum Gasteiger partial charge on any atom is 0.338 e. The van der Waals surface area contributed by atoms with Crippen molar-refractivity contribution in [2.75, 3.05) is 11.5 Å². The van der Waals surface area contributed by atoms with E-state index < -0.39 is 5.97 Å². The van der Waals surface area contributed by atoms with Crippen molar-refractivity contribution in [1.82, 2.24) is 0 Å². The van der Waals surface area contributed by atoms with Crippen LogP contribution in [0.1, 0.15) is 44.4 Å². The van der Waals surface area contributed by atoms with Crippen LogP contribution in [-0.4, -0.2) is 30.2 Å². The number of nitrogens with zero attached hydrogens (tertiary/aromatic N) is 1. The van der Waals surface area contributed by atoms with Gasteiger partial charge < -0.3 is 4.74 Å². The molecule has 1 aliphatic heterocycles. The molecule has 3 aromatic rings. The number of fused-ring (bicyclic) bond motifs is 5. The number of hydrogen-bond acceptors (Lipinski definition) is 6. The summed E-state index contributed by atoms with van der Waals surface area (Å²) >= 11 is 1.30. The van der Waals surface area contributed by atoms with Gasteiger partial charge in [0.15, 0.2) is 6.61 Å². The van der Waals surface area contributed by atoms with E-state index in [1.165, 1.54) is 33.9 Å². The van der Waals surface area contributed by atoms with Gasteiger partial charge in [0.25, 0.3) is 0 Å². The molecule has 6 rings (SSSR count). The average Bonchev–Trinajstić information content (AvgIpc) is 3.67. The summed E-state index contributed by atoms with van der Waals surface area (Å²) in [5.41, 5.74) is 1.98. The maximum atomic E-state index is 13.5. The molecule has 2 aromatic carbocycles. The normalized spacial score (nSPS) is 26.7. The highest BCUT2D eigenvalue weighted by molar-refractivity contribution is 7.12. The summed E-state index contributed by atoms with van der Waals surface area (Å²) in [4.78, 5) is 53.1. The Morgan fingerprint density at radius 2 is 1.63 bits per heavy atom. The number of carbonyl (C=O) groups excluding carboxylic acids is 4. The molecule has 3 aliphatic rings. The quantitative estimate of drug-likeness (QED) is 0.287. The van der Waals surface area contributed by atoms with Crippen molar-refractivity contribution < 1.29 is 23.9 Å². The number of ether oxygens (including phenoxy) is 1. The highest BCUT2D eigenvalue weighted by Crippen LogP contribution is 2.61. The van der Waals surface area contributed by atoms with Gasteiger partial charge >= 0.3 is 5.97 Å². The summed E-state index contributed by atoms with van der Waals surface area (Å²) in [6.45, 7) is -0.334. The minimum atomic E-state index is -0.624. The summed E-state index contributed by atoms with van der Waals surface area (Å²) in [6, 6.07) is 20.0. The van der Waals surface area contributed by atoms with Gasteiger partial charge in [0.05, 0.1) is 28.0 Å². The second-order valence-electron chi connectivity index (χ2n) is 9.50. The summed E-state index contributed by atoms with van der Waals surface area (Å²) in [7, 11) is 0. The Kier molecular flexibility index (Phi) is 5.37. The van der Waals surface area contributed by atoms with E-state index >= 15 is 0 Å². The van der Waals surface area contributed by atoms with Crippen LogP contribution in [0.5, 0.6) is 0 Å². The van der Waals surface area contributed by atoms with Crippen molar-refractivity contribution in [2.24, 2.45) is 23.7 Å². The van der Waals surface area contributed by atoms with Crippen molar-refractivity contribution in [3.8, 4) is 0 Å². The van der Waals surface area contributed by atoms with Crippen LogP contribution in [0.3, 0.4) is 0 Å². The number of hydrogen-bond donors (Lipinski definition) is 0. The molecule has 6 nitrogen and oxygen atoms in total. The topological polar surface area (TPSA) is 80.8 Å². The smallest absolute Gasteiger partial charge is 0.338 e. The van der Waals surface area contributed by atoms with Gasteiger partial charge in [0, 0.05) is 0 Å². The molecule has 1 aromatic heterocycles. The Morgan fingerprint density at radius 1 is 0.886 bits per heavy atom.